The lowest BCUT2D eigenvalue weighted by Crippen LogP contribution is -2.53. The molecule has 1 unspecified atom stereocenters. The van der Waals surface area contributed by atoms with Crippen molar-refractivity contribution in [2.24, 2.45) is 0 Å². The van der Waals surface area contributed by atoms with E-state index in [-0.39, 0.29) is 17.6 Å². The molecule has 0 spiro atoms. The van der Waals surface area contributed by atoms with Gasteiger partial charge < -0.3 is 14.5 Å². The SMILES string of the molecule is CC(=O)c1cccc(OC(C)C(=O)N2CCN(CC(=O)N3CCc4ccccc43)CC2)c1. The normalized spacial score (nSPS) is 17.1. The first-order chi connectivity index (χ1) is 15.4. The molecule has 0 aliphatic carbocycles. The molecule has 2 heterocycles. The molecule has 2 aliphatic heterocycles. The fourth-order valence-corrected chi connectivity index (χ4v) is 4.30. The van der Waals surface area contributed by atoms with Gasteiger partial charge >= 0.3 is 0 Å². The molecule has 32 heavy (non-hydrogen) atoms. The number of fused-ring (bicyclic) bond motifs is 1. The summed E-state index contributed by atoms with van der Waals surface area (Å²) in [5.74, 6) is 0.487. The highest BCUT2D eigenvalue weighted by molar-refractivity contribution is 5.97. The lowest BCUT2D eigenvalue weighted by molar-refractivity contribution is -0.139. The highest BCUT2D eigenvalue weighted by Crippen LogP contribution is 2.27. The van der Waals surface area contributed by atoms with E-state index < -0.39 is 6.10 Å². The lowest BCUT2D eigenvalue weighted by atomic mass is 10.1. The number of hydrogen-bond donors (Lipinski definition) is 0. The number of piperazine rings is 1. The summed E-state index contributed by atoms with van der Waals surface area (Å²) in [7, 11) is 0. The molecular formula is C25H29N3O4. The second-order valence-corrected chi connectivity index (χ2v) is 8.37. The van der Waals surface area contributed by atoms with Crippen LogP contribution in [0.2, 0.25) is 0 Å². The molecule has 1 saturated heterocycles. The van der Waals surface area contributed by atoms with Crippen LogP contribution in [0.15, 0.2) is 48.5 Å². The Kier molecular flexibility index (Phi) is 6.55. The van der Waals surface area contributed by atoms with E-state index >= 15 is 0 Å². The van der Waals surface area contributed by atoms with E-state index in [0.29, 0.717) is 44.0 Å². The minimum atomic E-state index is -0.647. The van der Waals surface area contributed by atoms with Gasteiger partial charge in [0.2, 0.25) is 5.91 Å². The van der Waals surface area contributed by atoms with Crippen molar-refractivity contribution in [1.29, 1.82) is 0 Å². The van der Waals surface area contributed by atoms with Gasteiger partial charge in [0.05, 0.1) is 6.54 Å². The van der Waals surface area contributed by atoms with Crippen LogP contribution in [0.5, 0.6) is 5.75 Å². The van der Waals surface area contributed by atoms with Crippen LogP contribution >= 0.6 is 0 Å². The monoisotopic (exact) mass is 435 g/mol. The van der Waals surface area contributed by atoms with Gasteiger partial charge in [0, 0.05) is 44.0 Å². The highest BCUT2D eigenvalue weighted by Gasteiger charge is 2.29. The maximum absolute atomic E-state index is 12.8. The number of rotatable bonds is 6. The Hall–Kier alpha value is -3.19. The quantitative estimate of drug-likeness (QED) is 0.652. The van der Waals surface area contributed by atoms with Gasteiger partial charge in [-0.1, -0.05) is 30.3 Å². The number of benzene rings is 2. The minimum absolute atomic E-state index is 0.0440. The van der Waals surface area contributed by atoms with E-state index in [1.54, 1.807) is 36.1 Å². The zero-order valence-electron chi connectivity index (χ0n) is 18.6. The van der Waals surface area contributed by atoms with E-state index in [1.807, 2.05) is 23.1 Å². The van der Waals surface area contributed by atoms with Crippen molar-refractivity contribution in [1.82, 2.24) is 9.80 Å². The van der Waals surface area contributed by atoms with Gasteiger partial charge in [-0.05, 0) is 44.0 Å². The largest absolute Gasteiger partial charge is 0.481 e. The summed E-state index contributed by atoms with van der Waals surface area (Å²) in [6.45, 7) is 6.74. The third-order valence-corrected chi connectivity index (χ3v) is 6.13. The number of para-hydroxylation sites is 1. The summed E-state index contributed by atoms with van der Waals surface area (Å²) in [6.07, 6.45) is 0.253. The van der Waals surface area contributed by atoms with E-state index in [0.717, 1.165) is 18.7 Å². The number of carbonyl (C=O) groups is 3. The maximum Gasteiger partial charge on any atom is 0.263 e. The van der Waals surface area contributed by atoms with Crippen molar-refractivity contribution < 1.29 is 19.1 Å². The first-order valence-electron chi connectivity index (χ1n) is 11.1. The Morgan fingerprint density at radius 2 is 1.72 bits per heavy atom. The zero-order chi connectivity index (χ0) is 22.7. The predicted molar refractivity (Wildman–Crippen MR) is 122 cm³/mol. The molecule has 2 aromatic rings. The summed E-state index contributed by atoms with van der Waals surface area (Å²) in [5, 5.41) is 0. The molecule has 0 bridgehead atoms. The molecular weight excluding hydrogens is 406 g/mol. The zero-order valence-corrected chi connectivity index (χ0v) is 18.6. The maximum atomic E-state index is 12.8. The Morgan fingerprint density at radius 1 is 0.969 bits per heavy atom. The molecule has 168 valence electrons. The van der Waals surface area contributed by atoms with Gasteiger partial charge in [0.25, 0.3) is 5.91 Å². The smallest absolute Gasteiger partial charge is 0.263 e. The number of ether oxygens (including phenoxy) is 1. The van der Waals surface area contributed by atoms with Crippen LogP contribution in [0.4, 0.5) is 5.69 Å². The summed E-state index contributed by atoms with van der Waals surface area (Å²) < 4.78 is 5.79. The van der Waals surface area contributed by atoms with Crippen LogP contribution in [0.3, 0.4) is 0 Å². The number of anilines is 1. The Morgan fingerprint density at radius 3 is 2.47 bits per heavy atom. The van der Waals surface area contributed by atoms with E-state index in [4.69, 9.17) is 4.74 Å². The van der Waals surface area contributed by atoms with E-state index in [2.05, 4.69) is 11.0 Å². The summed E-state index contributed by atoms with van der Waals surface area (Å²) in [5.41, 5.74) is 2.80. The number of carbonyl (C=O) groups excluding carboxylic acids is 3. The number of nitrogens with zero attached hydrogens (tertiary/aromatic N) is 3. The van der Waals surface area contributed by atoms with Crippen LogP contribution in [-0.4, -0.2) is 72.8 Å². The lowest BCUT2D eigenvalue weighted by Gasteiger charge is -2.36. The van der Waals surface area contributed by atoms with Crippen molar-refractivity contribution in [2.75, 3.05) is 44.2 Å². The molecule has 0 saturated carbocycles. The Labute approximate surface area is 188 Å². The summed E-state index contributed by atoms with van der Waals surface area (Å²) >= 11 is 0. The topological polar surface area (TPSA) is 70.2 Å². The minimum Gasteiger partial charge on any atom is -0.481 e. The Bertz CT molecular complexity index is 1010. The van der Waals surface area contributed by atoms with Crippen LogP contribution < -0.4 is 9.64 Å². The van der Waals surface area contributed by atoms with Crippen LogP contribution in [-0.2, 0) is 16.0 Å². The molecule has 2 aromatic carbocycles. The fourth-order valence-electron chi connectivity index (χ4n) is 4.30. The van der Waals surface area contributed by atoms with Gasteiger partial charge in [-0.2, -0.15) is 0 Å². The average molecular weight is 436 g/mol. The second kappa shape index (κ2) is 9.53. The van der Waals surface area contributed by atoms with Crippen LogP contribution in [0, 0.1) is 0 Å². The second-order valence-electron chi connectivity index (χ2n) is 8.37. The standard InChI is InChI=1S/C25H29N3O4/c1-18(29)21-7-5-8-22(16-21)32-19(2)25(31)27-14-12-26(13-15-27)17-24(30)28-11-10-20-6-3-4-9-23(20)28/h3-9,16,19H,10-15,17H2,1-2H3. The Balaban J connectivity index is 1.27. The molecule has 0 radical (unpaired) electrons. The van der Waals surface area contributed by atoms with E-state index in [9.17, 15) is 14.4 Å². The predicted octanol–water partition coefficient (Wildman–Crippen LogP) is 2.39. The van der Waals surface area contributed by atoms with Crippen molar-refractivity contribution >= 4 is 23.3 Å². The third kappa shape index (κ3) is 4.83. The molecule has 4 rings (SSSR count). The van der Waals surface area contributed by atoms with Gasteiger partial charge in [-0.25, -0.2) is 0 Å². The van der Waals surface area contributed by atoms with E-state index in [1.165, 1.54) is 12.5 Å². The molecule has 1 atom stereocenters. The number of amides is 2. The summed E-state index contributed by atoms with van der Waals surface area (Å²) in [6, 6.07) is 14.9. The van der Waals surface area contributed by atoms with Crippen molar-refractivity contribution in [3.05, 3.63) is 59.7 Å². The highest BCUT2D eigenvalue weighted by atomic mass is 16.5. The molecule has 7 nitrogen and oxygen atoms in total. The molecule has 2 amide bonds. The number of ketones is 1. The molecule has 7 heteroatoms. The van der Waals surface area contributed by atoms with Crippen molar-refractivity contribution in [3.8, 4) is 5.75 Å². The van der Waals surface area contributed by atoms with Gasteiger partial charge in [-0.15, -0.1) is 0 Å². The van der Waals surface area contributed by atoms with Gasteiger partial charge in [-0.3, -0.25) is 19.3 Å². The third-order valence-electron chi connectivity index (χ3n) is 6.13. The van der Waals surface area contributed by atoms with Gasteiger partial charge in [0.15, 0.2) is 11.9 Å². The molecule has 0 aromatic heterocycles. The number of hydrogen-bond acceptors (Lipinski definition) is 5. The molecule has 0 N–H and O–H groups in total. The number of Topliss-reactive ketones (excluding diaryl/α,β-unsaturated/α-hetero) is 1. The van der Waals surface area contributed by atoms with Crippen molar-refractivity contribution in [3.63, 3.8) is 0 Å². The first kappa shape index (κ1) is 22.0. The van der Waals surface area contributed by atoms with Crippen LogP contribution in [0.25, 0.3) is 0 Å². The van der Waals surface area contributed by atoms with Crippen LogP contribution in [0.1, 0.15) is 29.8 Å². The van der Waals surface area contributed by atoms with Crippen molar-refractivity contribution in [2.45, 2.75) is 26.4 Å². The molecule has 2 aliphatic rings. The fraction of sp³-hybridized carbons (Fsp3) is 0.400. The molecule has 1 fully saturated rings. The van der Waals surface area contributed by atoms with Gasteiger partial charge in [0.1, 0.15) is 5.75 Å². The average Bonchev–Trinajstić information content (AvgIpc) is 3.23. The summed E-state index contributed by atoms with van der Waals surface area (Å²) in [4.78, 5) is 43.0. The first-order valence-corrected chi connectivity index (χ1v) is 11.1.